The van der Waals surface area contributed by atoms with E-state index in [1.807, 2.05) is 20.8 Å². The Hall–Kier alpha value is -1.99. The SMILES string of the molecule is CCOC(=O)NC(C)CCC(C)NC(=O)C(C)NC(=O)N(C)CC. The second kappa shape index (κ2) is 11.5. The lowest BCUT2D eigenvalue weighted by Gasteiger charge is -2.22. The number of ether oxygens (including phenoxy) is 1. The number of amides is 4. The van der Waals surface area contributed by atoms with Crippen LogP contribution in [0.4, 0.5) is 9.59 Å². The number of urea groups is 1. The maximum absolute atomic E-state index is 12.1. The summed E-state index contributed by atoms with van der Waals surface area (Å²) in [4.78, 5) is 36.6. The topological polar surface area (TPSA) is 99.8 Å². The first kappa shape index (κ1) is 22.0. The van der Waals surface area contributed by atoms with Crippen LogP contribution in [0.15, 0.2) is 0 Å². The van der Waals surface area contributed by atoms with Crippen molar-refractivity contribution in [3.05, 3.63) is 0 Å². The average Bonchev–Trinajstić information content (AvgIpc) is 2.51. The van der Waals surface area contributed by atoms with Gasteiger partial charge in [-0.3, -0.25) is 4.79 Å². The Balaban J connectivity index is 4.13. The van der Waals surface area contributed by atoms with Crippen molar-refractivity contribution in [2.75, 3.05) is 20.2 Å². The molecule has 0 radical (unpaired) electrons. The van der Waals surface area contributed by atoms with E-state index in [1.165, 1.54) is 4.90 Å². The monoisotopic (exact) mass is 344 g/mol. The van der Waals surface area contributed by atoms with Gasteiger partial charge in [-0.25, -0.2) is 9.59 Å². The molecule has 0 aromatic heterocycles. The van der Waals surface area contributed by atoms with Gasteiger partial charge in [0, 0.05) is 25.7 Å². The van der Waals surface area contributed by atoms with Gasteiger partial charge < -0.3 is 25.6 Å². The van der Waals surface area contributed by atoms with Crippen molar-refractivity contribution in [1.82, 2.24) is 20.9 Å². The Morgan fingerprint density at radius 1 is 0.958 bits per heavy atom. The van der Waals surface area contributed by atoms with Crippen LogP contribution >= 0.6 is 0 Å². The molecular formula is C16H32N4O4. The molecule has 0 aromatic carbocycles. The normalized spacial score (nSPS) is 14.1. The lowest BCUT2D eigenvalue weighted by Crippen LogP contribution is -2.50. The van der Waals surface area contributed by atoms with E-state index < -0.39 is 12.1 Å². The number of nitrogens with zero attached hydrogens (tertiary/aromatic N) is 1. The summed E-state index contributed by atoms with van der Waals surface area (Å²) < 4.78 is 4.82. The predicted molar refractivity (Wildman–Crippen MR) is 92.8 cm³/mol. The Kier molecular flexibility index (Phi) is 10.6. The highest BCUT2D eigenvalue weighted by molar-refractivity contribution is 5.86. The molecule has 4 amide bonds. The van der Waals surface area contributed by atoms with Crippen LogP contribution in [0.3, 0.4) is 0 Å². The summed E-state index contributed by atoms with van der Waals surface area (Å²) in [6.45, 7) is 9.94. The number of hydrogen-bond donors (Lipinski definition) is 3. The third kappa shape index (κ3) is 9.22. The molecule has 8 nitrogen and oxygen atoms in total. The van der Waals surface area contributed by atoms with Crippen molar-refractivity contribution in [3.63, 3.8) is 0 Å². The molecule has 0 aliphatic heterocycles. The summed E-state index contributed by atoms with van der Waals surface area (Å²) in [5.41, 5.74) is 0. The highest BCUT2D eigenvalue weighted by atomic mass is 16.5. The maximum Gasteiger partial charge on any atom is 0.407 e. The minimum atomic E-state index is -0.607. The molecular weight excluding hydrogens is 312 g/mol. The first-order valence-corrected chi connectivity index (χ1v) is 8.46. The van der Waals surface area contributed by atoms with Crippen LogP contribution in [-0.4, -0.2) is 61.3 Å². The molecule has 0 aromatic rings. The van der Waals surface area contributed by atoms with Crippen molar-refractivity contribution < 1.29 is 19.1 Å². The van der Waals surface area contributed by atoms with E-state index in [0.717, 1.165) is 0 Å². The molecule has 3 N–H and O–H groups in total. The van der Waals surface area contributed by atoms with Crippen LogP contribution in [0.1, 0.15) is 47.5 Å². The van der Waals surface area contributed by atoms with Gasteiger partial charge in [-0.15, -0.1) is 0 Å². The van der Waals surface area contributed by atoms with Gasteiger partial charge in [-0.05, 0) is 47.5 Å². The summed E-state index contributed by atoms with van der Waals surface area (Å²) in [6, 6.07) is -0.991. The molecule has 0 aliphatic carbocycles. The van der Waals surface area contributed by atoms with Gasteiger partial charge in [0.25, 0.3) is 0 Å². The third-order valence-electron chi connectivity index (χ3n) is 3.62. The minimum Gasteiger partial charge on any atom is -0.450 e. The largest absolute Gasteiger partial charge is 0.450 e. The number of carbonyl (C=O) groups excluding carboxylic acids is 3. The van der Waals surface area contributed by atoms with Crippen LogP contribution in [-0.2, 0) is 9.53 Å². The summed E-state index contributed by atoms with van der Waals surface area (Å²) in [6.07, 6.45) is 0.979. The van der Waals surface area contributed by atoms with Crippen LogP contribution in [0.2, 0.25) is 0 Å². The van der Waals surface area contributed by atoms with E-state index in [1.54, 1.807) is 20.9 Å². The van der Waals surface area contributed by atoms with Gasteiger partial charge in [0.1, 0.15) is 6.04 Å². The fourth-order valence-electron chi connectivity index (χ4n) is 1.89. The lowest BCUT2D eigenvalue weighted by molar-refractivity contribution is -0.123. The molecule has 0 aliphatic rings. The van der Waals surface area contributed by atoms with Gasteiger partial charge in [-0.1, -0.05) is 0 Å². The molecule has 0 saturated heterocycles. The van der Waals surface area contributed by atoms with Crippen molar-refractivity contribution in [3.8, 4) is 0 Å². The van der Waals surface area contributed by atoms with Gasteiger partial charge in [0.15, 0.2) is 0 Å². The van der Waals surface area contributed by atoms with Crippen LogP contribution < -0.4 is 16.0 Å². The molecule has 0 fully saturated rings. The molecule has 0 heterocycles. The number of alkyl carbamates (subject to hydrolysis) is 1. The van der Waals surface area contributed by atoms with Crippen LogP contribution in [0, 0.1) is 0 Å². The molecule has 8 heteroatoms. The van der Waals surface area contributed by atoms with Gasteiger partial charge in [0.2, 0.25) is 5.91 Å². The third-order valence-corrected chi connectivity index (χ3v) is 3.62. The van der Waals surface area contributed by atoms with E-state index in [2.05, 4.69) is 16.0 Å². The summed E-state index contributed by atoms with van der Waals surface area (Å²) in [5, 5.41) is 8.22. The Morgan fingerprint density at radius 2 is 1.50 bits per heavy atom. The average molecular weight is 344 g/mol. The molecule has 0 bridgehead atoms. The van der Waals surface area contributed by atoms with E-state index in [4.69, 9.17) is 4.74 Å². The second-order valence-electron chi connectivity index (χ2n) is 5.94. The van der Waals surface area contributed by atoms with Crippen molar-refractivity contribution in [1.29, 1.82) is 0 Å². The molecule has 0 rings (SSSR count). The Bertz CT molecular complexity index is 417. The molecule has 140 valence electrons. The molecule has 0 spiro atoms. The number of rotatable bonds is 9. The van der Waals surface area contributed by atoms with Gasteiger partial charge in [-0.2, -0.15) is 0 Å². The van der Waals surface area contributed by atoms with Gasteiger partial charge >= 0.3 is 12.1 Å². The second-order valence-corrected chi connectivity index (χ2v) is 5.94. The first-order valence-electron chi connectivity index (χ1n) is 8.46. The fraction of sp³-hybridized carbons (Fsp3) is 0.812. The van der Waals surface area contributed by atoms with E-state index in [-0.39, 0.29) is 24.0 Å². The Labute approximate surface area is 144 Å². The first-order chi connectivity index (χ1) is 11.2. The molecule has 3 unspecified atom stereocenters. The zero-order chi connectivity index (χ0) is 18.7. The minimum absolute atomic E-state index is 0.0428. The number of nitrogens with one attached hydrogen (secondary N) is 3. The highest BCUT2D eigenvalue weighted by Crippen LogP contribution is 2.02. The van der Waals surface area contributed by atoms with Crippen molar-refractivity contribution in [2.24, 2.45) is 0 Å². The smallest absolute Gasteiger partial charge is 0.407 e. The fourth-order valence-corrected chi connectivity index (χ4v) is 1.89. The van der Waals surface area contributed by atoms with Crippen molar-refractivity contribution >= 4 is 18.0 Å². The number of hydrogen-bond acceptors (Lipinski definition) is 4. The maximum atomic E-state index is 12.1. The zero-order valence-electron chi connectivity index (χ0n) is 15.6. The molecule has 0 saturated carbocycles. The summed E-state index contributed by atoms with van der Waals surface area (Å²) in [5.74, 6) is -0.230. The summed E-state index contributed by atoms with van der Waals surface area (Å²) in [7, 11) is 1.67. The van der Waals surface area contributed by atoms with Crippen LogP contribution in [0.5, 0.6) is 0 Å². The van der Waals surface area contributed by atoms with Crippen LogP contribution in [0.25, 0.3) is 0 Å². The highest BCUT2D eigenvalue weighted by Gasteiger charge is 2.19. The standard InChI is InChI=1S/C16H32N4O4/c1-7-20(6)15(22)19-13(5)14(21)17-11(3)9-10-12(4)18-16(23)24-8-2/h11-13H,7-10H2,1-6H3,(H,17,21)(H,18,23)(H,19,22). The predicted octanol–water partition coefficient (Wildman–Crippen LogP) is 1.46. The van der Waals surface area contributed by atoms with E-state index in [0.29, 0.717) is 26.0 Å². The summed E-state index contributed by atoms with van der Waals surface area (Å²) >= 11 is 0. The quantitative estimate of drug-likeness (QED) is 0.589. The van der Waals surface area contributed by atoms with E-state index in [9.17, 15) is 14.4 Å². The number of carbonyl (C=O) groups is 3. The van der Waals surface area contributed by atoms with E-state index >= 15 is 0 Å². The zero-order valence-corrected chi connectivity index (χ0v) is 15.6. The van der Waals surface area contributed by atoms with Crippen molar-refractivity contribution in [2.45, 2.75) is 65.6 Å². The Morgan fingerprint density at radius 3 is 2.00 bits per heavy atom. The van der Waals surface area contributed by atoms with Gasteiger partial charge in [0.05, 0.1) is 6.61 Å². The molecule has 3 atom stereocenters. The molecule has 24 heavy (non-hydrogen) atoms. The lowest BCUT2D eigenvalue weighted by atomic mass is 10.1.